The van der Waals surface area contributed by atoms with Gasteiger partial charge in [0.1, 0.15) is 5.52 Å². The lowest BCUT2D eigenvalue weighted by molar-refractivity contribution is 0.619. The van der Waals surface area contributed by atoms with Crippen molar-refractivity contribution >= 4 is 33.7 Å². The van der Waals surface area contributed by atoms with Crippen molar-refractivity contribution in [3.8, 4) is 11.5 Å². The summed E-state index contributed by atoms with van der Waals surface area (Å²) in [4.78, 5) is 4.63. The van der Waals surface area contributed by atoms with Crippen LogP contribution >= 0.6 is 22.6 Å². The molecule has 1 heterocycles. The molecule has 0 spiro atoms. The quantitative estimate of drug-likeness (QED) is 0.549. The van der Waals surface area contributed by atoms with Crippen LogP contribution in [0.15, 0.2) is 40.8 Å². The molecule has 0 amide bonds. The number of rotatable bonds is 2. The first kappa shape index (κ1) is 13.6. The molecule has 0 aliphatic heterocycles. The highest BCUT2D eigenvalue weighted by Crippen LogP contribution is 2.28. The van der Waals surface area contributed by atoms with Crippen molar-refractivity contribution in [1.29, 1.82) is 0 Å². The first-order chi connectivity index (χ1) is 9.54. The zero-order chi connectivity index (χ0) is 14.3. The average Bonchev–Trinajstić information content (AvgIpc) is 2.84. The normalized spacial score (nSPS) is 11.4. The Morgan fingerprint density at radius 3 is 2.60 bits per heavy atom. The highest BCUT2D eigenvalue weighted by atomic mass is 127. The van der Waals surface area contributed by atoms with Gasteiger partial charge in [0, 0.05) is 9.13 Å². The second-order valence-corrected chi connectivity index (χ2v) is 6.53. The van der Waals surface area contributed by atoms with Crippen LogP contribution in [0.2, 0.25) is 0 Å². The summed E-state index contributed by atoms with van der Waals surface area (Å²) in [5.74, 6) is 1.19. The number of oxazole rings is 1. The standard InChI is InChI=1S/C17H16INO/c1-10(2)12-5-7-16-15(9-12)19-17(20-16)13-4-6-14(18)11(3)8-13/h4-10H,1-3H3. The molecule has 0 radical (unpaired) electrons. The summed E-state index contributed by atoms with van der Waals surface area (Å²) in [6.07, 6.45) is 0. The van der Waals surface area contributed by atoms with Crippen molar-refractivity contribution in [3.63, 3.8) is 0 Å². The Balaban J connectivity index is 2.10. The Kier molecular flexibility index (Phi) is 3.54. The van der Waals surface area contributed by atoms with Gasteiger partial charge in [-0.3, -0.25) is 0 Å². The van der Waals surface area contributed by atoms with E-state index < -0.39 is 0 Å². The molecule has 102 valence electrons. The van der Waals surface area contributed by atoms with Crippen LogP contribution in [0.3, 0.4) is 0 Å². The van der Waals surface area contributed by atoms with Gasteiger partial charge in [-0.05, 0) is 76.9 Å². The third-order valence-electron chi connectivity index (χ3n) is 3.48. The van der Waals surface area contributed by atoms with Crippen molar-refractivity contribution in [2.75, 3.05) is 0 Å². The Morgan fingerprint density at radius 2 is 1.90 bits per heavy atom. The van der Waals surface area contributed by atoms with Gasteiger partial charge < -0.3 is 4.42 Å². The van der Waals surface area contributed by atoms with Gasteiger partial charge in [0.25, 0.3) is 0 Å². The number of benzene rings is 2. The molecule has 0 saturated carbocycles. The van der Waals surface area contributed by atoms with E-state index in [1.165, 1.54) is 14.7 Å². The lowest BCUT2D eigenvalue weighted by atomic mass is 10.0. The average molecular weight is 377 g/mol. The molecule has 1 aromatic heterocycles. The van der Waals surface area contributed by atoms with Gasteiger partial charge in [0.15, 0.2) is 5.58 Å². The second-order valence-electron chi connectivity index (χ2n) is 5.36. The number of hydrogen-bond donors (Lipinski definition) is 0. The molecule has 0 bridgehead atoms. The predicted molar refractivity (Wildman–Crippen MR) is 91.0 cm³/mol. The lowest BCUT2D eigenvalue weighted by Crippen LogP contribution is -1.85. The largest absolute Gasteiger partial charge is 0.436 e. The molecule has 0 aliphatic carbocycles. The van der Waals surface area contributed by atoms with Crippen LogP contribution < -0.4 is 0 Å². The van der Waals surface area contributed by atoms with E-state index in [1.807, 2.05) is 6.07 Å². The Labute approximate surface area is 132 Å². The van der Waals surface area contributed by atoms with E-state index in [-0.39, 0.29) is 0 Å². The number of halogens is 1. The molecule has 3 aromatic rings. The molecular weight excluding hydrogens is 361 g/mol. The van der Waals surface area contributed by atoms with Crippen LogP contribution in [0.1, 0.15) is 30.9 Å². The number of nitrogens with zero attached hydrogens (tertiary/aromatic N) is 1. The molecule has 0 unspecified atom stereocenters. The van der Waals surface area contributed by atoms with Gasteiger partial charge in [0.05, 0.1) is 0 Å². The van der Waals surface area contributed by atoms with E-state index >= 15 is 0 Å². The van der Waals surface area contributed by atoms with Crippen molar-refractivity contribution < 1.29 is 4.42 Å². The van der Waals surface area contributed by atoms with Gasteiger partial charge in [-0.2, -0.15) is 0 Å². The van der Waals surface area contributed by atoms with Crippen molar-refractivity contribution in [3.05, 3.63) is 51.1 Å². The van der Waals surface area contributed by atoms with Crippen LogP contribution in [0, 0.1) is 10.5 Å². The first-order valence-electron chi connectivity index (χ1n) is 6.71. The molecule has 2 nitrogen and oxygen atoms in total. The van der Waals surface area contributed by atoms with Crippen LogP contribution in [0.25, 0.3) is 22.6 Å². The number of fused-ring (bicyclic) bond motifs is 1. The second kappa shape index (κ2) is 5.20. The fourth-order valence-corrected chi connectivity index (χ4v) is 2.54. The molecule has 0 saturated heterocycles. The molecule has 2 aromatic carbocycles. The monoisotopic (exact) mass is 377 g/mol. The first-order valence-corrected chi connectivity index (χ1v) is 7.79. The molecule has 0 N–H and O–H groups in total. The van der Waals surface area contributed by atoms with Crippen molar-refractivity contribution in [1.82, 2.24) is 4.98 Å². The van der Waals surface area contributed by atoms with Crippen LogP contribution in [-0.4, -0.2) is 4.98 Å². The smallest absolute Gasteiger partial charge is 0.227 e. The van der Waals surface area contributed by atoms with Crippen molar-refractivity contribution in [2.24, 2.45) is 0 Å². The van der Waals surface area contributed by atoms with Crippen LogP contribution in [0.5, 0.6) is 0 Å². The maximum Gasteiger partial charge on any atom is 0.227 e. The molecule has 0 fully saturated rings. The van der Waals surface area contributed by atoms with E-state index in [0.29, 0.717) is 11.8 Å². The van der Waals surface area contributed by atoms with Crippen LogP contribution in [-0.2, 0) is 0 Å². The summed E-state index contributed by atoms with van der Waals surface area (Å²) in [6.45, 7) is 6.47. The topological polar surface area (TPSA) is 26.0 Å². The summed E-state index contributed by atoms with van der Waals surface area (Å²) in [5, 5.41) is 0. The van der Waals surface area contributed by atoms with E-state index in [1.54, 1.807) is 0 Å². The molecule has 0 atom stereocenters. The minimum absolute atomic E-state index is 0.500. The summed E-state index contributed by atoms with van der Waals surface area (Å²) in [6, 6.07) is 12.5. The summed E-state index contributed by atoms with van der Waals surface area (Å²) in [5.41, 5.74) is 5.34. The van der Waals surface area contributed by atoms with E-state index in [4.69, 9.17) is 4.42 Å². The fraction of sp³-hybridized carbons (Fsp3) is 0.235. The van der Waals surface area contributed by atoms with Gasteiger partial charge in [-0.15, -0.1) is 0 Å². The molecule has 20 heavy (non-hydrogen) atoms. The number of aryl methyl sites for hydroxylation is 1. The van der Waals surface area contributed by atoms with E-state index in [2.05, 4.69) is 78.7 Å². The zero-order valence-electron chi connectivity index (χ0n) is 11.8. The van der Waals surface area contributed by atoms with Gasteiger partial charge in [0.2, 0.25) is 5.89 Å². The SMILES string of the molecule is Cc1cc(-c2nc3cc(C(C)C)ccc3o2)ccc1I. The minimum atomic E-state index is 0.500. The summed E-state index contributed by atoms with van der Waals surface area (Å²) in [7, 11) is 0. The maximum atomic E-state index is 5.87. The molecule has 3 rings (SSSR count). The zero-order valence-corrected chi connectivity index (χ0v) is 13.9. The summed E-state index contributed by atoms with van der Waals surface area (Å²) < 4.78 is 7.12. The third kappa shape index (κ3) is 2.46. The third-order valence-corrected chi connectivity index (χ3v) is 4.69. The van der Waals surface area contributed by atoms with Crippen LogP contribution in [0.4, 0.5) is 0 Å². The van der Waals surface area contributed by atoms with Gasteiger partial charge in [-0.1, -0.05) is 19.9 Å². The lowest BCUT2D eigenvalue weighted by Gasteiger charge is -2.02. The Hall–Kier alpha value is -1.36. The van der Waals surface area contributed by atoms with Gasteiger partial charge >= 0.3 is 0 Å². The number of aromatic nitrogens is 1. The highest BCUT2D eigenvalue weighted by molar-refractivity contribution is 14.1. The Morgan fingerprint density at radius 1 is 1.10 bits per heavy atom. The number of hydrogen-bond acceptors (Lipinski definition) is 2. The van der Waals surface area contributed by atoms with Gasteiger partial charge in [-0.25, -0.2) is 4.98 Å². The Bertz CT molecular complexity index is 774. The fourth-order valence-electron chi connectivity index (χ4n) is 2.20. The molecule has 3 heteroatoms. The molecule has 0 aliphatic rings. The summed E-state index contributed by atoms with van der Waals surface area (Å²) >= 11 is 2.34. The predicted octanol–water partition coefficient (Wildman–Crippen LogP) is 5.53. The van der Waals surface area contributed by atoms with E-state index in [0.717, 1.165) is 16.7 Å². The van der Waals surface area contributed by atoms with E-state index in [9.17, 15) is 0 Å². The minimum Gasteiger partial charge on any atom is -0.436 e. The maximum absolute atomic E-state index is 5.87. The van der Waals surface area contributed by atoms with Crippen molar-refractivity contribution in [2.45, 2.75) is 26.7 Å². The highest BCUT2D eigenvalue weighted by Gasteiger charge is 2.10. The molecular formula is C17H16INO.